The molecule has 1 saturated heterocycles. The minimum Gasteiger partial charge on any atom is -0.369 e. The van der Waals surface area contributed by atoms with Gasteiger partial charge in [0, 0.05) is 37.9 Å². The third kappa shape index (κ3) is 3.49. The van der Waals surface area contributed by atoms with Crippen LogP contribution in [0, 0.1) is 0 Å². The molecule has 0 saturated carbocycles. The third-order valence-corrected chi connectivity index (χ3v) is 4.50. The molecule has 0 aromatic heterocycles. The quantitative estimate of drug-likeness (QED) is 0.920. The van der Waals surface area contributed by atoms with Gasteiger partial charge in [0.15, 0.2) is 0 Å². The Labute approximate surface area is 133 Å². The highest BCUT2D eigenvalue weighted by Crippen LogP contribution is 2.26. The van der Waals surface area contributed by atoms with Crippen molar-refractivity contribution in [3.63, 3.8) is 0 Å². The molecule has 0 bridgehead atoms. The number of anilines is 1. The zero-order valence-electron chi connectivity index (χ0n) is 13.1. The van der Waals surface area contributed by atoms with Crippen LogP contribution < -0.4 is 10.6 Å². The molecule has 2 N–H and O–H groups in total. The van der Waals surface area contributed by atoms with Gasteiger partial charge in [0.1, 0.15) is 0 Å². The number of piperazine rings is 1. The SMILES string of the molecule is NCCC(c1ccccc1)N1CCN(c2ccccc2)CC1. The molecular formula is C19H25N3. The summed E-state index contributed by atoms with van der Waals surface area (Å²) in [6, 6.07) is 21.9. The van der Waals surface area contributed by atoms with E-state index < -0.39 is 0 Å². The molecule has 3 heteroatoms. The van der Waals surface area contributed by atoms with Crippen LogP contribution in [0.3, 0.4) is 0 Å². The van der Waals surface area contributed by atoms with E-state index in [1.807, 2.05) is 0 Å². The van der Waals surface area contributed by atoms with E-state index >= 15 is 0 Å². The molecular weight excluding hydrogens is 270 g/mol. The fourth-order valence-corrected chi connectivity index (χ4v) is 3.32. The first kappa shape index (κ1) is 15.1. The first-order chi connectivity index (χ1) is 10.9. The van der Waals surface area contributed by atoms with E-state index in [0.717, 1.165) is 39.1 Å². The summed E-state index contributed by atoms with van der Waals surface area (Å²) in [6.45, 7) is 5.08. The second kappa shape index (κ2) is 7.43. The van der Waals surface area contributed by atoms with E-state index in [4.69, 9.17) is 5.73 Å². The summed E-state index contributed by atoms with van der Waals surface area (Å²) in [5, 5.41) is 0. The molecule has 1 atom stereocenters. The van der Waals surface area contributed by atoms with Crippen LogP contribution in [0.2, 0.25) is 0 Å². The fraction of sp³-hybridized carbons (Fsp3) is 0.368. The predicted molar refractivity (Wildman–Crippen MR) is 93.1 cm³/mol. The molecule has 1 aliphatic rings. The van der Waals surface area contributed by atoms with Crippen molar-refractivity contribution >= 4 is 5.69 Å². The maximum Gasteiger partial charge on any atom is 0.0367 e. The van der Waals surface area contributed by atoms with Gasteiger partial charge in [-0.25, -0.2) is 0 Å². The van der Waals surface area contributed by atoms with Crippen molar-refractivity contribution in [1.29, 1.82) is 0 Å². The molecule has 2 aromatic rings. The highest BCUT2D eigenvalue weighted by Gasteiger charge is 2.24. The molecule has 1 heterocycles. The smallest absolute Gasteiger partial charge is 0.0367 e. The summed E-state index contributed by atoms with van der Waals surface area (Å²) in [4.78, 5) is 5.06. The maximum atomic E-state index is 5.85. The predicted octanol–water partition coefficient (Wildman–Crippen LogP) is 2.90. The molecule has 116 valence electrons. The lowest BCUT2D eigenvalue weighted by Crippen LogP contribution is -2.48. The normalized spacial score (nSPS) is 17.4. The van der Waals surface area contributed by atoms with Crippen LogP contribution in [-0.4, -0.2) is 37.6 Å². The highest BCUT2D eigenvalue weighted by molar-refractivity contribution is 5.46. The minimum absolute atomic E-state index is 0.448. The Bertz CT molecular complexity index is 547. The molecule has 3 rings (SSSR count). The van der Waals surface area contributed by atoms with Gasteiger partial charge in [0.25, 0.3) is 0 Å². The highest BCUT2D eigenvalue weighted by atomic mass is 15.3. The Kier molecular flexibility index (Phi) is 5.09. The Morgan fingerprint density at radius 3 is 2.00 bits per heavy atom. The fourth-order valence-electron chi connectivity index (χ4n) is 3.32. The summed E-state index contributed by atoms with van der Waals surface area (Å²) in [6.07, 6.45) is 1.02. The lowest BCUT2D eigenvalue weighted by molar-refractivity contribution is 0.179. The van der Waals surface area contributed by atoms with Crippen molar-refractivity contribution in [1.82, 2.24) is 4.90 Å². The van der Waals surface area contributed by atoms with Crippen molar-refractivity contribution < 1.29 is 0 Å². The summed E-state index contributed by atoms with van der Waals surface area (Å²) in [5.74, 6) is 0. The molecule has 1 aliphatic heterocycles. The van der Waals surface area contributed by atoms with E-state index in [1.54, 1.807) is 0 Å². The Morgan fingerprint density at radius 1 is 0.818 bits per heavy atom. The first-order valence-corrected chi connectivity index (χ1v) is 8.17. The maximum absolute atomic E-state index is 5.85. The standard InChI is InChI=1S/C19H25N3/c20-12-11-19(17-7-3-1-4-8-17)22-15-13-21(14-16-22)18-9-5-2-6-10-18/h1-10,19H,11-16,20H2. The second-order valence-electron chi connectivity index (χ2n) is 5.86. The molecule has 1 fully saturated rings. The molecule has 3 nitrogen and oxygen atoms in total. The van der Waals surface area contributed by atoms with Gasteiger partial charge in [-0.05, 0) is 30.7 Å². The number of hydrogen-bond acceptors (Lipinski definition) is 3. The van der Waals surface area contributed by atoms with Gasteiger partial charge < -0.3 is 10.6 Å². The number of hydrogen-bond donors (Lipinski definition) is 1. The Morgan fingerprint density at radius 2 is 1.41 bits per heavy atom. The first-order valence-electron chi connectivity index (χ1n) is 8.17. The van der Waals surface area contributed by atoms with Crippen molar-refractivity contribution in [2.24, 2.45) is 5.73 Å². The largest absolute Gasteiger partial charge is 0.369 e. The zero-order chi connectivity index (χ0) is 15.2. The third-order valence-electron chi connectivity index (χ3n) is 4.50. The minimum atomic E-state index is 0.448. The molecule has 22 heavy (non-hydrogen) atoms. The van der Waals surface area contributed by atoms with Crippen LogP contribution in [0.1, 0.15) is 18.0 Å². The van der Waals surface area contributed by atoms with Crippen LogP contribution in [0.5, 0.6) is 0 Å². The number of rotatable bonds is 5. The van der Waals surface area contributed by atoms with E-state index in [2.05, 4.69) is 70.5 Å². The number of nitrogens with two attached hydrogens (primary N) is 1. The average molecular weight is 295 g/mol. The zero-order valence-corrected chi connectivity index (χ0v) is 13.1. The van der Waals surface area contributed by atoms with Crippen LogP contribution in [0.4, 0.5) is 5.69 Å². The number of nitrogens with zero attached hydrogens (tertiary/aromatic N) is 2. The lowest BCUT2D eigenvalue weighted by Gasteiger charge is -2.40. The van der Waals surface area contributed by atoms with Crippen LogP contribution in [0.25, 0.3) is 0 Å². The Balaban J connectivity index is 1.66. The van der Waals surface area contributed by atoms with E-state index in [9.17, 15) is 0 Å². The molecule has 1 unspecified atom stereocenters. The monoisotopic (exact) mass is 295 g/mol. The Hall–Kier alpha value is -1.84. The topological polar surface area (TPSA) is 32.5 Å². The van der Waals surface area contributed by atoms with Crippen LogP contribution >= 0.6 is 0 Å². The number of para-hydroxylation sites is 1. The second-order valence-corrected chi connectivity index (χ2v) is 5.86. The van der Waals surface area contributed by atoms with Gasteiger partial charge in [0.2, 0.25) is 0 Å². The molecule has 0 radical (unpaired) electrons. The van der Waals surface area contributed by atoms with Crippen LogP contribution in [0.15, 0.2) is 60.7 Å². The molecule has 0 amide bonds. The van der Waals surface area contributed by atoms with Crippen LogP contribution in [-0.2, 0) is 0 Å². The average Bonchev–Trinajstić information content (AvgIpc) is 2.61. The molecule has 2 aromatic carbocycles. The molecule has 0 spiro atoms. The van der Waals surface area contributed by atoms with E-state index in [0.29, 0.717) is 6.04 Å². The summed E-state index contributed by atoms with van der Waals surface area (Å²) >= 11 is 0. The van der Waals surface area contributed by atoms with Crippen molar-refractivity contribution in [2.45, 2.75) is 12.5 Å². The lowest BCUT2D eigenvalue weighted by atomic mass is 10.0. The summed E-state index contributed by atoms with van der Waals surface area (Å²) in [7, 11) is 0. The summed E-state index contributed by atoms with van der Waals surface area (Å²) in [5.41, 5.74) is 8.58. The van der Waals surface area contributed by atoms with E-state index in [-0.39, 0.29) is 0 Å². The van der Waals surface area contributed by atoms with Crippen molar-refractivity contribution in [3.05, 3.63) is 66.2 Å². The number of benzene rings is 2. The van der Waals surface area contributed by atoms with Gasteiger partial charge in [-0.1, -0.05) is 48.5 Å². The molecule has 0 aliphatic carbocycles. The summed E-state index contributed by atoms with van der Waals surface area (Å²) < 4.78 is 0. The van der Waals surface area contributed by atoms with Gasteiger partial charge >= 0.3 is 0 Å². The van der Waals surface area contributed by atoms with Gasteiger partial charge in [0.05, 0.1) is 0 Å². The van der Waals surface area contributed by atoms with E-state index in [1.165, 1.54) is 11.3 Å². The van der Waals surface area contributed by atoms with Crippen molar-refractivity contribution in [2.75, 3.05) is 37.6 Å². The van der Waals surface area contributed by atoms with Gasteiger partial charge in [-0.3, -0.25) is 4.90 Å². The van der Waals surface area contributed by atoms with Gasteiger partial charge in [-0.2, -0.15) is 0 Å². The van der Waals surface area contributed by atoms with Crippen molar-refractivity contribution in [3.8, 4) is 0 Å². The van der Waals surface area contributed by atoms with Gasteiger partial charge in [-0.15, -0.1) is 0 Å².